The lowest BCUT2D eigenvalue weighted by atomic mass is 9.82. The molecule has 156 valence electrons. The fourth-order valence-corrected chi connectivity index (χ4v) is 4.46. The predicted molar refractivity (Wildman–Crippen MR) is 123 cm³/mol. The molecule has 0 unspecified atom stereocenters. The van der Waals surface area contributed by atoms with Gasteiger partial charge in [-0.3, -0.25) is 9.69 Å². The van der Waals surface area contributed by atoms with Crippen LogP contribution in [0.3, 0.4) is 0 Å². The quantitative estimate of drug-likeness (QED) is 0.540. The first-order valence-electron chi connectivity index (χ1n) is 11.0. The van der Waals surface area contributed by atoms with E-state index in [-0.39, 0.29) is 11.2 Å². The normalized spacial score (nSPS) is 15.4. The second kappa shape index (κ2) is 8.23. The van der Waals surface area contributed by atoms with Gasteiger partial charge in [0.2, 0.25) is 0 Å². The van der Waals surface area contributed by atoms with Gasteiger partial charge in [-0.25, -0.2) is 0 Å². The highest BCUT2D eigenvalue weighted by molar-refractivity contribution is 6.16. The Hall–Kier alpha value is -2.65. The average molecular weight is 402 g/mol. The minimum Gasteiger partial charge on any atom is -0.507 e. The summed E-state index contributed by atoms with van der Waals surface area (Å²) >= 11 is 0. The lowest BCUT2D eigenvalue weighted by molar-refractivity contribution is 0.104. The van der Waals surface area contributed by atoms with Gasteiger partial charge in [0.05, 0.1) is 0 Å². The van der Waals surface area contributed by atoms with Crippen LogP contribution in [-0.4, -0.2) is 28.9 Å². The van der Waals surface area contributed by atoms with Crippen LogP contribution in [0.25, 0.3) is 10.8 Å². The molecule has 4 rings (SSSR count). The van der Waals surface area contributed by atoms with Crippen LogP contribution in [0.2, 0.25) is 0 Å². The van der Waals surface area contributed by atoms with E-state index in [4.69, 9.17) is 0 Å². The van der Waals surface area contributed by atoms with Crippen LogP contribution in [-0.2, 0) is 12.0 Å². The van der Waals surface area contributed by atoms with E-state index in [9.17, 15) is 9.90 Å². The highest BCUT2D eigenvalue weighted by atomic mass is 16.3. The van der Waals surface area contributed by atoms with E-state index in [0.717, 1.165) is 35.0 Å². The molecule has 0 saturated carbocycles. The number of hydrogen-bond donors (Lipinski definition) is 1. The van der Waals surface area contributed by atoms with Crippen molar-refractivity contribution in [3.63, 3.8) is 0 Å². The minimum atomic E-state index is -0.254. The molecule has 0 spiro atoms. The molecule has 1 aliphatic rings. The summed E-state index contributed by atoms with van der Waals surface area (Å²) in [6, 6.07) is 17.7. The van der Waals surface area contributed by atoms with Gasteiger partial charge in [-0.1, -0.05) is 69.7 Å². The summed E-state index contributed by atoms with van der Waals surface area (Å²) in [5.41, 5.74) is 2.80. The molecular weight excluding hydrogens is 370 g/mol. The molecule has 1 N–H and O–H groups in total. The number of phenolic OH excluding ortho intramolecular Hbond substituents is 1. The van der Waals surface area contributed by atoms with Crippen molar-refractivity contribution >= 4 is 16.6 Å². The van der Waals surface area contributed by atoms with Gasteiger partial charge in [-0.05, 0) is 54.3 Å². The van der Waals surface area contributed by atoms with E-state index in [2.05, 4.69) is 25.7 Å². The SMILES string of the molecule is CC(C)(C)c1cc(C(=O)c2cccc3ccccc23)cc(CN2CCCCC2)c1O. The fourth-order valence-electron chi connectivity index (χ4n) is 4.46. The Labute approximate surface area is 179 Å². The molecule has 30 heavy (non-hydrogen) atoms. The summed E-state index contributed by atoms with van der Waals surface area (Å²) in [5, 5.41) is 13.1. The number of carbonyl (C=O) groups excluding carboxylic acids is 1. The van der Waals surface area contributed by atoms with E-state index in [1.165, 1.54) is 19.3 Å². The van der Waals surface area contributed by atoms with Gasteiger partial charge in [0, 0.05) is 28.8 Å². The second-order valence-corrected chi connectivity index (χ2v) is 9.47. The summed E-state index contributed by atoms with van der Waals surface area (Å²) in [6.45, 7) is 9.03. The number of fused-ring (bicyclic) bond motifs is 1. The number of ketones is 1. The van der Waals surface area contributed by atoms with E-state index in [1.807, 2.05) is 54.6 Å². The molecule has 1 fully saturated rings. The predicted octanol–water partition coefficient (Wildman–Crippen LogP) is 6.06. The zero-order chi connectivity index (χ0) is 21.3. The van der Waals surface area contributed by atoms with Crippen molar-refractivity contribution in [1.29, 1.82) is 0 Å². The van der Waals surface area contributed by atoms with E-state index < -0.39 is 0 Å². The van der Waals surface area contributed by atoms with Crippen molar-refractivity contribution in [2.45, 2.75) is 52.0 Å². The number of rotatable bonds is 4. The molecule has 0 bridgehead atoms. The van der Waals surface area contributed by atoms with Gasteiger partial charge in [0.1, 0.15) is 5.75 Å². The van der Waals surface area contributed by atoms with Crippen LogP contribution < -0.4 is 0 Å². The molecule has 3 aromatic rings. The van der Waals surface area contributed by atoms with Crippen LogP contribution in [0.15, 0.2) is 54.6 Å². The van der Waals surface area contributed by atoms with E-state index in [1.54, 1.807) is 0 Å². The molecule has 0 aliphatic carbocycles. The van der Waals surface area contributed by atoms with Crippen molar-refractivity contribution in [3.8, 4) is 5.75 Å². The van der Waals surface area contributed by atoms with Gasteiger partial charge in [0.25, 0.3) is 0 Å². The van der Waals surface area contributed by atoms with Crippen molar-refractivity contribution in [2.24, 2.45) is 0 Å². The highest BCUT2D eigenvalue weighted by Crippen LogP contribution is 2.36. The molecule has 1 heterocycles. The molecule has 0 radical (unpaired) electrons. The summed E-state index contributed by atoms with van der Waals surface area (Å²) in [6.07, 6.45) is 3.67. The summed E-state index contributed by atoms with van der Waals surface area (Å²) in [5.74, 6) is 0.347. The lowest BCUT2D eigenvalue weighted by Crippen LogP contribution is -2.29. The Morgan fingerprint density at radius 3 is 2.40 bits per heavy atom. The Morgan fingerprint density at radius 2 is 1.67 bits per heavy atom. The maximum absolute atomic E-state index is 13.6. The molecule has 3 heteroatoms. The maximum atomic E-state index is 13.6. The lowest BCUT2D eigenvalue weighted by Gasteiger charge is -2.29. The number of piperidine rings is 1. The third kappa shape index (κ3) is 4.13. The van der Waals surface area contributed by atoms with Gasteiger partial charge >= 0.3 is 0 Å². The van der Waals surface area contributed by atoms with Crippen LogP contribution in [0.5, 0.6) is 5.75 Å². The Bertz CT molecular complexity index is 1070. The number of likely N-dealkylation sites (tertiary alicyclic amines) is 1. The Balaban J connectivity index is 1.80. The third-order valence-electron chi connectivity index (χ3n) is 6.14. The summed E-state index contributed by atoms with van der Waals surface area (Å²) in [4.78, 5) is 16.0. The highest BCUT2D eigenvalue weighted by Gasteiger charge is 2.25. The number of nitrogens with zero attached hydrogens (tertiary/aromatic N) is 1. The monoisotopic (exact) mass is 401 g/mol. The van der Waals surface area contributed by atoms with Crippen LogP contribution in [0.4, 0.5) is 0 Å². The number of phenols is 1. The number of benzene rings is 3. The smallest absolute Gasteiger partial charge is 0.193 e. The Kier molecular flexibility index (Phi) is 5.66. The molecular formula is C27H31NO2. The first-order valence-corrected chi connectivity index (χ1v) is 11.0. The Morgan fingerprint density at radius 1 is 0.967 bits per heavy atom. The van der Waals surface area contributed by atoms with Crippen LogP contribution >= 0.6 is 0 Å². The standard InChI is InChI=1S/C27H31NO2/c1-27(2,3)24-17-20(16-21(26(24)30)18-28-14-7-4-8-15-28)25(29)23-13-9-11-19-10-5-6-12-22(19)23/h5-6,9-13,16-17,30H,4,7-8,14-15,18H2,1-3H3. The molecule has 3 nitrogen and oxygen atoms in total. The van der Waals surface area contributed by atoms with Gasteiger partial charge in [-0.15, -0.1) is 0 Å². The largest absolute Gasteiger partial charge is 0.507 e. The van der Waals surface area contributed by atoms with Crippen molar-refractivity contribution in [1.82, 2.24) is 4.90 Å². The average Bonchev–Trinajstić information content (AvgIpc) is 2.74. The number of aromatic hydroxyl groups is 1. The number of hydrogen-bond acceptors (Lipinski definition) is 3. The number of carbonyl (C=O) groups is 1. The maximum Gasteiger partial charge on any atom is 0.193 e. The van der Waals surface area contributed by atoms with Gasteiger partial charge in [-0.2, -0.15) is 0 Å². The first-order chi connectivity index (χ1) is 14.3. The van der Waals surface area contributed by atoms with Crippen molar-refractivity contribution < 1.29 is 9.90 Å². The first kappa shape index (κ1) is 20.6. The van der Waals surface area contributed by atoms with Crippen LogP contribution in [0.1, 0.15) is 67.1 Å². The van der Waals surface area contributed by atoms with Gasteiger partial charge in [0.15, 0.2) is 5.78 Å². The summed E-state index contributed by atoms with van der Waals surface area (Å²) < 4.78 is 0. The minimum absolute atomic E-state index is 0.0113. The van der Waals surface area contributed by atoms with E-state index in [0.29, 0.717) is 23.4 Å². The van der Waals surface area contributed by atoms with E-state index >= 15 is 0 Å². The third-order valence-corrected chi connectivity index (χ3v) is 6.14. The molecule has 0 aromatic heterocycles. The van der Waals surface area contributed by atoms with Crippen molar-refractivity contribution in [2.75, 3.05) is 13.1 Å². The summed E-state index contributed by atoms with van der Waals surface area (Å²) in [7, 11) is 0. The van der Waals surface area contributed by atoms with Crippen molar-refractivity contribution in [3.05, 3.63) is 76.9 Å². The molecule has 0 amide bonds. The topological polar surface area (TPSA) is 40.5 Å². The van der Waals surface area contributed by atoms with Gasteiger partial charge < -0.3 is 5.11 Å². The van der Waals surface area contributed by atoms with Crippen LogP contribution in [0, 0.1) is 0 Å². The molecule has 0 atom stereocenters. The molecule has 1 aliphatic heterocycles. The zero-order valence-corrected chi connectivity index (χ0v) is 18.2. The fraction of sp³-hybridized carbons (Fsp3) is 0.370. The molecule has 3 aromatic carbocycles. The molecule has 1 saturated heterocycles. The second-order valence-electron chi connectivity index (χ2n) is 9.47. The zero-order valence-electron chi connectivity index (χ0n) is 18.2.